The molecule has 2 aromatic rings. The zero-order chi connectivity index (χ0) is 18.4. The van der Waals surface area contributed by atoms with Gasteiger partial charge in [0.2, 0.25) is 0 Å². The van der Waals surface area contributed by atoms with Gasteiger partial charge in [0.05, 0.1) is 6.61 Å². The van der Waals surface area contributed by atoms with Crippen molar-refractivity contribution in [3.8, 4) is 5.75 Å². The summed E-state index contributed by atoms with van der Waals surface area (Å²) < 4.78 is 5.48. The standard InChI is InChI=1S/C21H27N3O2.ClH/c1-2-26-20-9-5-18(6-10-20)16-23-11-13-24(14-12-23)21(25)19-7-3-17(15-22)4-8-19;/h3-10H,2,11-16,22H2,1H3;1H. The third kappa shape index (κ3) is 5.70. The van der Waals surface area contributed by atoms with Crippen molar-refractivity contribution in [2.24, 2.45) is 5.73 Å². The maximum absolute atomic E-state index is 12.6. The van der Waals surface area contributed by atoms with Crippen LogP contribution in [0.5, 0.6) is 5.75 Å². The normalized spacial score (nSPS) is 14.5. The molecule has 0 spiro atoms. The minimum absolute atomic E-state index is 0. The number of carbonyl (C=O) groups excluding carboxylic acids is 1. The molecule has 1 aliphatic rings. The number of piperazine rings is 1. The first-order chi connectivity index (χ1) is 12.7. The molecular formula is C21H28ClN3O2. The average molecular weight is 390 g/mol. The summed E-state index contributed by atoms with van der Waals surface area (Å²) in [6.45, 7) is 7.37. The van der Waals surface area contributed by atoms with Gasteiger partial charge in [-0.1, -0.05) is 24.3 Å². The molecule has 1 amide bonds. The van der Waals surface area contributed by atoms with E-state index < -0.39 is 0 Å². The second-order valence-corrected chi connectivity index (χ2v) is 6.55. The molecule has 146 valence electrons. The number of hydrogen-bond acceptors (Lipinski definition) is 4. The van der Waals surface area contributed by atoms with Crippen molar-refractivity contribution in [2.75, 3.05) is 32.8 Å². The molecule has 1 aliphatic heterocycles. The lowest BCUT2D eigenvalue weighted by Crippen LogP contribution is -2.48. The van der Waals surface area contributed by atoms with Crippen molar-refractivity contribution < 1.29 is 9.53 Å². The van der Waals surface area contributed by atoms with Crippen LogP contribution < -0.4 is 10.5 Å². The van der Waals surface area contributed by atoms with Gasteiger partial charge >= 0.3 is 0 Å². The summed E-state index contributed by atoms with van der Waals surface area (Å²) in [4.78, 5) is 16.9. The number of nitrogens with two attached hydrogens (primary N) is 1. The number of hydrogen-bond donors (Lipinski definition) is 1. The van der Waals surface area contributed by atoms with E-state index in [1.165, 1.54) is 5.56 Å². The van der Waals surface area contributed by atoms with Crippen molar-refractivity contribution in [3.63, 3.8) is 0 Å². The Balaban J connectivity index is 0.00000261. The number of halogens is 1. The molecule has 1 heterocycles. The first-order valence-corrected chi connectivity index (χ1v) is 9.22. The molecule has 0 bridgehead atoms. The fourth-order valence-electron chi connectivity index (χ4n) is 3.19. The van der Waals surface area contributed by atoms with E-state index in [0.29, 0.717) is 13.2 Å². The Morgan fingerprint density at radius 3 is 2.11 bits per heavy atom. The quantitative estimate of drug-likeness (QED) is 0.825. The predicted octanol–water partition coefficient (Wildman–Crippen LogP) is 2.92. The molecule has 0 unspecified atom stereocenters. The summed E-state index contributed by atoms with van der Waals surface area (Å²) >= 11 is 0. The van der Waals surface area contributed by atoms with Crippen molar-refractivity contribution in [3.05, 3.63) is 65.2 Å². The van der Waals surface area contributed by atoms with E-state index in [1.54, 1.807) is 0 Å². The molecule has 5 nitrogen and oxygen atoms in total. The SMILES string of the molecule is CCOc1ccc(CN2CCN(C(=O)c3ccc(CN)cc3)CC2)cc1.Cl. The van der Waals surface area contributed by atoms with Crippen LogP contribution >= 0.6 is 12.4 Å². The second-order valence-electron chi connectivity index (χ2n) is 6.55. The zero-order valence-electron chi connectivity index (χ0n) is 15.8. The van der Waals surface area contributed by atoms with Gasteiger partial charge < -0.3 is 15.4 Å². The molecule has 3 rings (SSSR count). The third-order valence-corrected chi connectivity index (χ3v) is 4.74. The summed E-state index contributed by atoms with van der Waals surface area (Å²) in [6, 6.07) is 15.9. The zero-order valence-corrected chi connectivity index (χ0v) is 16.6. The van der Waals surface area contributed by atoms with E-state index in [4.69, 9.17) is 10.5 Å². The molecule has 0 aliphatic carbocycles. The fourth-order valence-corrected chi connectivity index (χ4v) is 3.19. The van der Waals surface area contributed by atoms with Crippen molar-refractivity contribution in [1.29, 1.82) is 0 Å². The van der Waals surface area contributed by atoms with Gasteiger partial charge in [0.1, 0.15) is 5.75 Å². The largest absolute Gasteiger partial charge is 0.494 e. The maximum atomic E-state index is 12.6. The molecule has 2 N–H and O–H groups in total. The monoisotopic (exact) mass is 389 g/mol. The van der Waals surface area contributed by atoms with Gasteiger partial charge in [0.15, 0.2) is 0 Å². The van der Waals surface area contributed by atoms with E-state index in [2.05, 4.69) is 17.0 Å². The fraction of sp³-hybridized carbons (Fsp3) is 0.381. The Morgan fingerprint density at radius 2 is 1.56 bits per heavy atom. The summed E-state index contributed by atoms with van der Waals surface area (Å²) in [5.41, 5.74) is 8.66. The van der Waals surface area contributed by atoms with Crippen LogP contribution in [0.2, 0.25) is 0 Å². The lowest BCUT2D eigenvalue weighted by molar-refractivity contribution is 0.0628. The molecular weight excluding hydrogens is 362 g/mol. The highest BCUT2D eigenvalue weighted by molar-refractivity contribution is 5.94. The van der Waals surface area contributed by atoms with Gasteiger partial charge in [0, 0.05) is 44.8 Å². The molecule has 0 radical (unpaired) electrons. The van der Waals surface area contributed by atoms with Crippen molar-refractivity contribution in [1.82, 2.24) is 9.80 Å². The lowest BCUT2D eigenvalue weighted by Gasteiger charge is -2.34. The molecule has 1 saturated heterocycles. The minimum Gasteiger partial charge on any atom is -0.494 e. The van der Waals surface area contributed by atoms with Crippen LogP contribution in [-0.4, -0.2) is 48.5 Å². The highest BCUT2D eigenvalue weighted by Gasteiger charge is 2.22. The van der Waals surface area contributed by atoms with E-state index in [9.17, 15) is 4.79 Å². The number of rotatable bonds is 6. The second kappa shape index (κ2) is 10.3. The van der Waals surface area contributed by atoms with Crippen LogP contribution in [0, 0.1) is 0 Å². The summed E-state index contributed by atoms with van der Waals surface area (Å²) in [5, 5.41) is 0. The molecule has 1 fully saturated rings. The minimum atomic E-state index is 0. The van der Waals surface area contributed by atoms with Crippen LogP contribution in [0.3, 0.4) is 0 Å². The maximum Gasteiger partial charge on any atom is 0.253 e. The molecule has 6 heteroatoms. The molecule has 0 saturated carbocycles. The number of benzene rings is 2. The van der Waals surface area contributed by atoms with Gasteiger partial charge in [-0.05, 0) is 42.3 Å². The highest BCUT2D eigenvalue weighted by atomic mass is 35.5. The molecule has 0 aromatic heterocycles. The van der Waals surface area contributed by atoms with E-state index in [-0.39, 0.29) is 18.3 Å². The summed E-state index contributed by atoms with van der Waals surface area (Å²) in [5.74, 6) is 1.02. The van der Waals surface area contributed by atoms with Crippen LogP contribution in [-0.2, 0) is 13.1 Å². The van der Waals surface area contributed by atoms with Crippen LogP contribution in [0.15, 0.2) is 48.5 Å². The number of amides is 1. The Kier molecular flexibility index (Phi) is 8.10. The molecule has 27 heavy (non-hydrogen) atoms. The smallest absolute Gasteiger partial charge is 0.253 e. The summed E-state index contributed by atoms with van der Waals surface area (Å²) in [7, 11) is 0. The van der Waals surface area contributed by atoms with E-state index in [0.717, 1.165) is 49.6 Å². The molecule has 0 atom stereocenters. The number of nitrogens with zero attached hydrogens (tertiary/aromatic N) is 2. The lowest BCUT2D eigenvalue weighted by atomic mass is 10.1. The Morgan fingerprint density at radius 1 is 0.963 bits per heavy atom. The van der Waals surface area contributed by atoms with Gasteiger partial charge in [-0.15, -0.1) is 12.4 Å². The van der Waals surface area contributed by atoms with Gasteiger partial charge in [0.25, 0.3) is 5.91 Å². The van der Waals surface area contributed by atoms with Crippen molar-refractivity contribution in [2.45, 2.75) is 20.0 Å². The van der Waals surface area contributed by atoms with Gasteiger partial charge in [-0.25, -0.2) is 0 Å². The Bertz CT molecular complexity index is 711. The van der Waals surface area contributed by atoms with Crippen LogP contribution in [0.25, 0.3) is 0 Å². The topological polar surface area (TPSA) is 58.8 Å². The van der Waals surface area contributed by atoms with Gasteiger partial charge in [-0.3, -0.25) is 9.69 Å². The average Bonchev–Trinajstić information content (AvgIpc) is 2.70. The number of ether oxygens (including phenoxy) is 1. The summed E-state index contributed by atoms with van der Waals surface area (Å²) in [6.07, 6.45) is 0. The Hall–Kier alpha value is -2.08. The van der Waals surface area contributed by atoms with Crippen molar-refractivity contribution >= 4 is 18.3 Å². The van der Waals surface area contributed by atoms with Crippen LogP contribution in [0.4, 0.5) is 0 Å². The highest BCUT2D eigenvalue weighted by Crippen LogP contribution is 2.16. The Labute approximate surface area is 167 Å². The number of carbonyl (C=O) groups is 1. The van der Waals surface area contributed by atoms with E-state index in [1.807, 2.05) is 48.2 Å². The van der Waals surface area contributed by atoms with Gasteiger partial charge in [-0.2, -0.15) is 0 Å². The van der Waals surface area contributed by atoms with Crippen LogP contribution in [0.1, 0.15) is 28.4 Å². The first-order valence-electron chi connectivity index (χ1n) is 9.22. The predicted molar refractivity (Wildman–Crippen MR) is 110 cm³/mol. The molecule has 2 aromatic carbocycles. The first kappa shape index (κ1) is 21.2. The van der Waals surface area contributed by atoms with E-state index >= 15 is 0 Å². The third-order valence-electron chi connectivity index (χ3n) is 4.74.